The quantitative estimate of drug-likeness (QED) is 0.539. The van der Waals surface area contributed by atoms with E-state index in [-0.39, 0.29) is 22.9 Å². The molecule has 0 unspecified atom stereocenters. The summed E-state index contributed by atoms with van der Waals surface area (Å²) in [6.07, 6.45) is 0. The molecule has 0 saturated heterocycles. The fraction of sp³-hybridized carbons (Fsp3) is 0.167. The molecule has 1 aromatic heterocycles. The highest BCUT2D eigenvalue weighted by Gasteiger charge is 2.61. The second-order valence-electron chi connectivity index (χ2n) is 7.83. The van der Waals surface area contributed by atoms with E-state index < -0.39 is 23.8 Å². The lowest BCUT2D eigenvalue weighted by Crippen LogP contribution is -2.48. The number of carboxylic acid groups (broad SMARTS) is 1. The number of H-pyrrole nitrogens is 1. The van der Waals surface area contributed by atoms with Gasteiger partial charge in [0.15, 0.2) is 11.5 Å². The number of nitrogens with zero attached hydrogens (tertiary/aromatic N) is 3. The number of fused-ring (bicyclic) bond motifs is 4. The van der Waals surface area contributed by atoms with Gasteiger partial charge in [-0.2, -0.15) is 5.26 Å². The van der Waals surface area contributed by atoms with E-state index in [2.05, 4.69) is 10.2 Å². The minimum absolute atomic E-state index is 0.00950. The number of hydrogen-bond acceptors (Lipinski definition) is 9. The monoisotopic (exact) mass is 472 g/mol. The van der Waals surface area contributed by atoms with Crippen molar-refractivity contribution in [3.05, 3.63) is 65.0 Å². The summed E-state index contributed by atoms with van der Waals surface area (Å²) in [4.78, 5) is 26.7. The Kier molecular flexibility index (Phi) is 4.87. The van der Waals surface area contributed by atoms with Crippen molar-refractivity contribution < 1.29 is 28.9 Å². The fourth-order valence-electron chi connectivity index (χ4n) is 4.77. The van der Waals surface area contributed by atoms with Crippen LogP contribution in [0, 0.1) is 11.3 Å². The van der Waals surface area contributed by atoms with Crippen LogP contribution in [0.15, 0.2) is 53.9 Å². The van der Waals surface area contributed by atoms with Gasteiger partial charge in [-0.25, -0.2) is 0 Å². The molecule has 1 atom stereocenters. The third-order valence-electron chi connectivity index (χ3n) is 6.17. The molecule has 2 aliphatic rings. The Hall–Kier alpha value is -4.98. The van der Waals surface area contributed by atoms with E-state index >= 15 is 0 Å². The number of aromatic nitrogens is 2. The molecule has 1 spiro atoms. The minimum Gasteiger partial charge on any atom is -0.548 e. The van der Waals surface area contributed by atoms with Crippen LogP contribution < -0.4 is 30.0 Å². The van der Waals surface area contributed by atoms with Gasteiger partial charge in [-0.05, 0) is 24.3 Å². The number of carbonyl (C=O) groups excluding carboxylic acids is 2. The third kappa shape index (κ3) is 2.86. The molecule has 2 aliphatic heterocycles. The van der Waals surface area contributed by atoms with Gasteiger partial charge in [0.2, 0.25) is 17.7 Å². The minimum atomic E-state index is -1.80. The van der Waals surface area contributed by atoms with Gasteiger partial charge in [-0.1, -0.05) is 18.2 Å². The van der Waals surface area contributed by atoms with Gasteiger partial charge in [-0.15, -0.1) is 5.10 Å². The number of nitriles is 1. The molecule has 0 aliphatic carbocycles. The third-order valence-corrected chi connectivity index (χ3v) is 6.17. The SMILES string of the molecule is COc1ccc(-c2[nH]nc3c2[C@]2(C(=O)N(CC(=O)[O-])c4ccccc42)C(C#N)=C(N)O3)cc1OC. The maximum absolute atomic E-state index is 14.1. The number of para-hydroxylation sites is 1. The van der Waals surface area contributed by atoms with E-state index in [1.807, 2.05) is 6.07 Å². The first kappa shape index (κ1) is 21.8. The van der Waals surface area contributed by atoms with Crippen molar-refractivity contribution in [1.29, 1.82) is 5.26 Å². The number of nitrogens with one attached hydrogen (secondary N) is 1. The highest BCUT2D eigenvalue weighted by Crippen LogP contribution is 2.57. The predicted octanol–water partition coefficient (Wildman–Crippen LogP) is 0.563. The van der Waals surface area contributed by atoms with E-state index in [0.717, 1.165) is 4.90 Å². The predicted molar refractivity (Wildman–Crippen MR) is 119 cm³/mol. The Labute approximate surface area is 198 Å². The van der Waals surface area contributed by atoms with E-state index in [4.69, 9.17) is 19.9 Å². The molecule has 0 saturated carbocycles. The number of carbonyl (C=O) groups is 2. The molecule has 3 aromatic rings. The van der Waals surface area contributed by atoms with Crippen LogP contribution in [0.2, 0.25) is 0 Å². The van der Waals surface area contributed by atoms with Crippen LogP contribution in [0.25, 0.3) is 11.3 Å². The second-order valence-corrected chi connectivity index (χ2v) is 7.83. The summed E-state index contributed by atoms with van der Waals surface area (Å²) in [6, 6.07) is 13.7. The molecule has 1 amide bonds. The number of ether oxygens (including phenoxy) is 3. The average Bonchev–Trinajstić information content (AvgIpc) is 3.38. The van der Waals surface area contributed by atoms with Gasteiger partial charge in [0.25, 0.3) is 0 Å². The first-order chi connectivity index (χ1) is 16.9. The normalized spacial score (nSPS) is 18.1. The van der Waals surface area contributed by atoms with Crippen LogP contribution in [-0.4, -0.2) is 42.8 Å². The summed E-state index contributed by atoms with van der Waals surface area (Å²) in [5.74, 6) is -1.55. The second kappa shape index (κ2) is 7.81. The van der Waals surface area contributed by atoms with Crippen LogP contribution >= 0.6 is 0 Å². The number of carboxylic acids is 1. The number of methoxy groups -OCH3 is 2. The zero-order valence-corrected chi connectivity index (χ0v) is 18.6. The van der Waals surface area contributed by atoms with Crippen molar-refractivity contribution in [2.45, 2.75) is 5.41 Å². The van der Waals surface area contributed by atoms with E-state index in [9.17, 15) is 20.0 Å². The Morgan fingerprint density at radius 1 is 1.26 bits per heavy atom. The van der Waals surface area contributed by atoms with Crippen molar-refractivity contribution in [3.63, 3.8) is 0 Å². The van der Waals surface area contributed by atoms with Crippen LogP contribution in [0.3, 0.4) is 0 Å². The summed E-state index contributed by atoms with van der Waals surface area (Å²) in [7, 11) is 2.99. The lowest BCUT2D eigenvalue weighted by Gasteiger charge is -2.33. The van der Waals surface area contributed by atoms with E-state index in [1.54, 1.807) is 42.5 Å². The Morgan fingerprint density at radius 2 is 2.00 bits per heavy atom. The van der Waals surface area contributed by atoms with Crippen molar-refractivity contribution in [2.24, 2.45) is 5.73 Å². The Morgan fingerprint density at radius 3 is 2.69 bits per heavy atom. The standard InChI is InChI=1S/C24H19N5O6/c1-33-16-8-7-12(9-17(16)34-2)20-19-22(28-27-20)35-21(26)14(10-25)24(19)13-5-3-4-6-15(13)29(23(24)32)11-18(30)31/h3-9H,11,26H2,1-2H3,(H,27,28)(H,30,31)/p-1/t24-/m1/s1. The first-order valence-corrected chi connectivity index (χ1v) is 10.4. The topological polar surface area (TPSA) is 167 Å². The molecule has 11 heteroatoms. The van der Waals surface area contributed by atoms with Crippen LogP contribution in [0.5, 0.6) is 17.4 Å². The number of hydrogen-bond donors (Lipinski definition) is 2. The van der Waals surface area contributed by atoms with Crippen molar-refractivity contribution in [3.8, 4) is 34.7 Å². The first-order valence-electron chi connectivity index (χ1n) is 10.4. The van der Waals surface area contributed by atoms with Crippen LogP contribution in [0.1, 0.15) is 11.1 Å². The molecule has 0 fully saturated rings. The molecule has 3 N–H and O–H groups in total. The highest BCUT2D eigenvalue weighted by atomic mass is 16.5. The average molecular weight is 472 g/mol. The molecule has 5 rings (SSSR count). The molecule has 35 heavy (non-hydrogen) atoms. The molecule has 11 nitrogen and oxygen atoms in total. The number of anilines is 1. The summed E-state index contributed by atoms with van der Waals surface area (Å²) in [6.45, 7) is -0.712. The molecule has 0 radical (unpaired) electrons. The van der Waals surface area contributed by atoms with Gasteiger partial charge >= 0.3 is 0 Å². The smallest absolute Gasteiger partial charge is 0.248 e. The molecular weight excluding hydrogens is 454 g/mol. The van der Waals surface area contributed by atoms with Crippen LogP contribution in [-0.2, 0) is 15.0 Å². The molecule has 2 aromatic carbocycles. The molecule has 176 valence electrons. The van der Waals surface area contributed by atoms with E-state index in [1.165, 1.54) is 14.2 Å². The van der Waals surface area contributed by atoms with Gasteiger partial charge in [0.05, 0.1) is 38.0 Å². The van der Waals surface area contributed by atoms with Gasteiger partial charge < -0.3 is 34.7 Å². The summed E-state index contributed by atoms with van der Waals surface area (Å²) >= 11 is 0. The molecular formula is C24H18N5O6-. The summed E-state index contributed by atoms with van der Waals surface area (Å²) in [5.41, 5.74) is 5.96. The van der Waals surface area contributed by atoms with Crippen molar-refractivity contribution in [2.75, 3.05) is 25.7 Å². The summed E-state index contributed by atoms with van der Waals surface area (Å²) < 4.78 is 16.4. The number of aromatic amines is 1. The van der Waals surface area contributed by atoms with Gasteiger partial charge in [0, 0.05) is 16.8 Å². The molecule has 3 heterocycles. The zero-order chi connectivity index (χ0) is 24.9. The number of amides is 1. The highest BCUT2D eigenvalue weighted by molar-refractivity contribution is 6.16. The van der Waals surface area contributed by atoms with Crippen LogP contribution in [0.4, 0.5) is 5.69 Å². The van der Waals surface area contributed by atoms with Crippen molar-refractivity contribution in [1.82, 2.24) is 10.2 Å². The Bertz CT molecular complexity index is 1470. The lowest BCUT2D eigenvalue weighted by molar-refractivity contribution is -0.303. The lowest BCUT2D eigenvalue weighted by atomic mass is 9.68. The van der Waals surface area contributed by atoms with Gasteiger partial charge in [0.1, 0.15) is 17.1 Å². The molecule has 0 bridgehead atoms. The maximum atomic E-state index is 14.1. The van der Waals surface area contributed by atoms with E-state index in [0.29, 0.717) is 34.0 Å². The largest absolute Gasteiger partial charge is 0.548 e. The fourth-order valence-corrected chi connectivity index (χ4v) is 4.77. The van der Waals surface area contributed by atoms with Crippen molar-refractivity contribution >= 4 is 17.6 Å². The number of benzene rings is 2. The summed E-state index contributed by atoms with van der Waals surface area (Å²) in [5, 5.41) is 28.8. The number of aliphatic carboxylic acids is 1. The number of rotatable bonds is 5. The number of nitrogens with two attached hydrogens (primary N) is 1. The zero-order valence-electron chi connectivity index (χ0n) is 18.6. The van der Waals surface area contributed by atoms with Gasteiger partial charge in [-0.3, -0.25) is 9.89 Å². The Balaban J connectivity index is 1.85. The maximum Gasteiger partial charge on any atom is 0.248 e.